The van der Waals surface area contributed by atoms with Gasteiger partial charge in [0.1, 0.15) is 0 Å². The fourth-order valence-corrected chi connectivity index (χ4v) is 3.48. The van der Waals surface area contributed by atoms with Gasteiger partial charge in [0.2, 0.25) is 0 Å². The average molecular weight is 421 g/mol. The Balaban J connectivity index is 1.66. The minimum absolute atomic E-state index is 0.233. The van der Waals surface area contributed by atoms with E-state index in [4.69, 9.17) is 11.6 Å². The molecule has 2 aromatic heterocycles. The molecule has 0 unspecified atom stereocenters. The van der Waals surface area contributed by atoms with E-state index in [0.717, 1.165) is 5.69 Å². The first-order valence-electron chi connectivity index (χ1n) is 9.08. The number of halogens is 1. The summed E-state index contributed by atoms with van der Waals surface area (Å²) in [5.74, 6) is -0.858. The molecule has 0 saturated heterocycles. The summed E-state index contributed by atoms with van der Waals surface area (Å²) >= 11 is 6.58. The molecule has 8 heteroatoms. The normalized spacial score (nSPS) is 10.8. The van der Waals surface area contributed by atoms with E-state index in [9.17, 15) is 9.59 Å². The monoisotopic (exact) mass is 420 g/mol. The summed E-state index contributed by atoms with van der Waals surface area (Å²) in [6, 6.07) is 15.9. The van der Waals surface area contributed by atoms with Crippen molar-refractivity contribution < 1.29 is 14.3 Å². The van der Waals surface area contributed by atoms with Crippen molar-refractivity contribution >= 4 is 40.2 Å². The molecule has 0 saturated carbocycles. The summed E-state index contributed by atoms with van der Waals surface area (Å²) < 4.78 is 6.37. The number of pyridine rings is 1. The molecule has 0 bridgehead atoms. The first kappa shape index (κ1) is 19.6. The van der Waals surface area contributed by atoms with Crippen LogP contribution in [0.2, 0.25) is 5.02 Å². The van der Waals surface area contributed by atoms with Gasteiger partial charge in [-0.1, -0.05) is 29.8 Å². The van der Waals surface area contributed by atoms with Gasteiger partial charge < -0.3 is 10.1 Å². The van der Waals surface area contributed by atoms with E-state index in [-0.39, 0.29) is 10.6 Å². The minimum Gasteiger partial charge on any atom is -0.465 e. The number of methoxy groups -OCH3 is 1. The Labute approximate surface area is 177 Å². The van der Waals surface area contributed by atoms with Gasteiger partial charge >= 0.3 is 5.97 Å². The number of hydrogen-bond donors (Lipinski definition) is 1. The Morgan fingerprint density at radius 1 is 1.07 bits per heavy atom. The predicted octanol–water partition coefficient (Wildman–Crippen LogP) is 4.42. The molecule has 0 aliphatic rings. The minimum atomic E-state index is -0.448. The van der Waals surface area contributed by atoms with Crippen molar-refractivity contribution in [1.29, 1.82) is 0 Å². The topological polar surface area (TPSA) is 86.1 Å². The third-order valence-corrected chi connectivity index (χ3v) is 5.01. The number of aryl methyl sites for hydroxylation is 1. The van der Waals surface area contributed by atoms with E-state index in [1.165, 1.54) is 13.3 Å². The third-order valence-electron chi connectivity index (χ3n) is 4.62. The Hall–Kier alpha value is -3.71. The molecule has 0 radical (unpaired) electrons. The first-order valence-corrected chi connectivity index (χ1v) is 9.46. The molecule has 0 atom stereocenters. The van der Waals surface area contributed by atoms with Crippen LogP contribution in [0, 0.1) is 6.92 Å². The van der Waals surface area contributed by atoms with Crippen molar-refractivity contribution in [1.82, 2.24) is 14.8 Å². The molecule has 2 aromatic carbocycles. The van der Waals surface area contributed by atoms with Crippen molar-refractivity contribution in [2.24, 2.45) is 0 Å². The average Bonchev–Trinajstić information content (AvgIpc) is 3.11. The van der Waals surface area contributed by atoms with Crippen molar-refractivity contribution in [3.05, 3.63) is 82.6 Å². The number of nitrogens with one attached hydrogen (secondary N) is 1. The first-order chi connectivity index (χ1) is 14.5. The van der Waals surface area contributed by atoms with E-state index in [1.807, 2.05) is 37.3 Å². The lowest BCUT2D eigenvalue weighted by atomic mass is 10.1. The van der Waals surface area contributed by atoms with Crippen molar-refractivity contribution in [3.63, 3.8) is 0 Å². The highest BCUT2D eigenvalue weighted by molar-refractivity contribution is 6.39. The van der Waals surface area contributed by atoms with Crippen LogP contribution in [0.5, 0.6) is 0 Å². The van der Waals surface area contributed by atoms with Gasteiger partial charge in [-0.05, 0) is 43.3 Å². The molecule has 1 N–H and O–H groups in total. The Morgan fingerprint density at radius 3 is 2.43 bits per heavy atom. The molecular formula is C22H17ClN4O3. The van der Waals surface area contributed by atoms with Gasteiger partial charge in [-0.25, -0.2) is 14.5 Å². The number of benzene rings is 2. The Morgan fingerprint density at radius 2 is 1.77 bits per heavy atom. The SMILES string of the molecule is COC(=O)c1ccc(NC(=O)c2cnc3c(c(C)nn3-c3ccccc3)c2Cl)cc1. The second-order valence-corrected chi connectivity index (χ2v) is 6.92. The smallest absolute Gasteiger partial charge is 0.337 e. The van der Waals surface area contributed by atoms with E-state index in [0.29, 0.717) is 28.0 Å². The Kier molecular flexibility index (Phi) is 5.20. The van der Waals surface area contributed by atoms with Crippen LogP contribution in [0.15, 0.2) is 60.8 Å². The second-order valence-electron chi connectivity index (χ2n) is 6.54. The standard InChI is InChI=1S/C22H17ClN4O3/c1-13-18-19(23)17(12-24-20(18)27(26-13)16-6-4-3-5-7-16)21(28)25-15-10-8-14(9-11-15)22(29)30-2/h3-12H,1-2H3,(H,25,28). The maximum Gasteiger partial charge on any atom is 0.337 e. The highest BCUT2D eigenvalue weighted by Crippen LogP contribution is 2.30. The summed E-state index contributed by atoms with van der Waals surface area (Å²) in [5.41, 5.74) is 3.23. The number of esters is 1. The fourth-order valence-electron chi connectivity index (χ4n) is 3.12. The van der Waals surface area contributed by atoms with E-state index in [2.05, 4.69) is 20.1 Å². The van der Waals surface area contributed by atoms with Crippen molar-refractivity contribution in [3.8, 4) is 5.69 Å². The molecule has 0 spiro atoms. The number of amides is 1. The zero-order chi connectivity index (χ0) is 21.3. The number of anilines is 1. The second kappa shape index (κ2) is 7.96. The molecule has 4 rings (SSSR count). The summed E-state index contributed by atoms with van der Waals surface area (Å²) in [7, 11) is 1.31. The van der Waals surface area contributed by atoms with Gasteiger partial charge in [0, 0.05) is 11.9 Å². The van der Waals surface area contributed by atoms with Crippen LogP contribution in [0.4, 0.5) is 5.69 Å². The number of ether oxygens (including phenoxy) is 1. The number of aromatic nitrogens is 3. The van der Waals surface area contributed by atoms with Gasteiger partial charge in [-0.15, -0.1) is 0 Å². The summed E-state index contributed by atoms with van der Waals surface area (Å²) in [6.07, 6.45) is 1.43. The highest BCUT2D eigenvalue weighted by atomic mass is 35.5. The predicted molar refractivity (Wildman–Crippen MR) is 114 cm³/mol. The molecule has 0 aliphatic carbocycles. The van der Waals surface area contributed by atoms with Gasteiger partial charge in [0.25, 0.3) is 5.91 Å². The zero-order valence-electron chi connectivity index (χ0n) is 16.2. The fraction of sp³-hybridized carbons (Fsp3) is 0.0909. The van der Waals surface area contributed by atoms with E-state index < -0.39 is 11.9 Å². The van der Waals surface area contributed by atoms with E-state index in [1.54, 1.807) is 28.9 Å². The lowest BCUT2D eigenvalue weighted by molar-refractivity contribution is 0.0600. The van der Waals surface area contributed by atoms with Crippen LogP contribution in [0.3, 0.4) is 0 Å². The van der Waals surface area contributed by atoms with Gasteiger partial charge in [-0.3, -0.25) is 4.79 Å². The molecule has 7 nitrogen and oxygen atoms in total. The number of hydrogen-bond acceptors (Lipinski definition) is 5. The molecule has 0 fully saturated rings. The third kappa shape index (κ3) is 3.51. The molecule has 30 heavy (non-hydrogen) atoms. The number of nitrogens with zero attached hydrogens (tertiary/aromatic N) is 3. The molecule has 0 aliphatic heterocycles. The van der Waals surface area contributed by atoms with Crippen LogP contribution in [0.1, 0.15) is 26.4 Å². The maximum atomic E-state index is 12.8. The van der Waals surface area contributed by atoms with Crippen LogP contribution in [0.25, 0.3) is 16.7 Å². The number of carbonyl (C=O) groups is 2. The molecule has 1 amide bonds. The number of carbonyl (C=O) groups excluding carboxylic acids is 2. The van der Waals surface area contributed by atoms with E-state index >= 15 is 0 Å². The summed E-state index contributed by atoms with van der Waals surface area (Å²) in [5, 5.41) is 8.20. The quantitative estimate of drug-likeness (QED) is 0.494. The molecule has 150 valence electrons. The number of fused-ring (bicyclic) bond motifs is 1. The van der Waals surface area contributed by atoms with Crippen molar-refractivity contribution in [2.45, 2.75) is 6.92 Å². The highest BCUT2D eigenvalue weighted by Gasteiger charge is 2.20. The molecular weight excluding hydrogens is 404 g/mol. The lowest BCUT2D eigenvalue weighted by Crippen LogP contribution is -2.13. The van der Waals surface area contributed by atoms with Crippen molar-refractivity contribution in [2.75, 3.05) is 12.4 Å². The van der Waals surface area contributed by atoms with Crippen LogP contribution in [-0.2, 0) is 4.74 Å². The largest absolute Gasteiger partial charge is 0.465 e. The molecule has 4 aromatic rings. The molecule has 2 heterocycles. The van der Waals surface area contributed by atoms with Crippen LogP contribution < -0.4 is 5.32 Å². The van der Waals surface area contributed by atoms with Gasteiger partial charge in [0.05, 0.1) is 40.0 Å². The number of para-hydroxylation sites is 1. The van der Waals surface area contributed by atoms with Gasteiger partial charge in [0.15, 0.2) is 5.65 Å². The summed E-state index contributed by atoms with van der Waals surface area (Å²) in [4.78, 5) is 28.8. The van der Waals surface area contributed by atoms with Gasteiger partial charge in [-0.2, -0.15) is 5.10 Å². The van der Waals surface area contributed by atoms with Crippen LogP contribution >= 0.6 is 11.6 Å². The maximum absolute atomic E-state index is 12.8. The summed E-state index contributed by atoms with van der Waals surface area (Å²) in [6.45, 7) is 1.82. The Bertz CT molecular complexity index is 1250. The number of rotatable bonds is 4. The van der Waals surface area contributed by atoms with Crippen LogP contribution in [-0.4, -0.2) is 33.8 Å². The lowest BCUT2D eigenvalue weighted by Gasteiger charge is -2.08. The zero-order valence-corrected chi connectivity index (χ0v) is 17.0.